The number of nitrogens with two attached hydrogens (primary N) is 1. The maximum absolute atomic E-state index is 12.3. The summed E-state index contributed by atoms with van der Waals surface area (Å²) in [5.74, 6) is -0.834. The summed E-state index contributed by atoms with van der Waals surface area (Å²) in [6, 6.07) is 6.27. The first-order valence-electron chi connectivity index (χ1n) is 7.27. The third-order valence-corrected chi connectivity index (χ3v) is 4.10. The number of anilines is 1. The highest BCUT2D eigenvalue weighted by molar-refractivity contribution is 6.33. The minimum absolute atomic E-state index is 0.229. The van der Waals surface area contributed by atoms with Gasteiger partial charge >= 0.3 is 5.97 Å². The molecule has 0 aliphatic rings. The van der Waals surface area contributed by atoms with Crippen LogP contribution in [0.4, 0.5) is 5.69 Å². The predicted octanol–water partition coefficient (Wildman–Crippen LogP) is 3.40. The van der Waals surface area contributed by atoms with Crippen molar-refractivity contribution in [3.05, 3.63) is 51.8 Å². The Balaban J connectivity index is 2.07. The SMILES string of the molecule is CCn1c(C)cc(C(=O)COC(=O)c2ccc(Cl)c(N)c2)c1C. The molecule has 1 aromatic carbocycles. The number of ketones is 1. The van der Waals surface area contributed by atoms with Crippen LogP contribution in [0.1, 0.15) is 39.0 Å². The number of Topliss-reactive ketones (excluding diaryl/α,β-unsaturated/α-hetero) is 1. The molecule has 0 aliphatic carbocycles. The molecule has 1 aromatic heterocycles. The third-order valence-electron chi connectivity index (χ3n) is 3.76. The Labute approximate surface area is 140 Å². The maximum Gasteiger partial charge on any atom is 0.338 e. The van der Waals surface area contributed by atoms with Crippen molar-refractivity contribution in [3.63, 3.8) is 0 Å². The molecule has 0 bridgehead atoms. The molecule has 122 valence electrons. The second-order valence-corrected chi connectivity index (χ2v) is 5.67. The number of aromatic nitrogens is 1. The number of carbonyl (C=O) groups is 2. The number of nitrogen functional groups attached to an aromatic ring is 1. The van der Waals surface area contributed by atoms with E-state index in [0.29, 0.717) is 16.3 Å². The lowest BCUT2D eigenvalue weighted by Crippen LogP contribution is -2.15. The lowest BCUT2D eigenvalue weighted by Gasteiger charge is -2.07. The normalized spacial score (nSPS) is 10.6. The van der Waals surface area contributed by atoms with Gasteiger partial charge in [0, 0.05) is 23.5 Å². The monoisotopic (exact) mass is 334 g/mol. The molecule has 2 aromatic rings. The van der Waals surface area contributed by atoms with Crippen molar-refractivity contribution in [2.45, 2.75) is 27.3 Å². The summed E-state index contributed by atoms with van der Waals surface area (Å²) in [5, 5.41) is 0.365. The van der Waals surface area contributed by atoms with E-state index in [-0.39, 0.29) is 18.0 Å². The molecule has 6 heteroatoms. The molecule has 0 saturated heterocycles. The largest absolute Gasteiger partial charge is 0.454 e. The van der Waals surface area contributed by atoms with Gasteiger partial charge < -0.3 is 15.0 Å². The van der Waals surface area contributed by atoms with E-state index in [0.717, 1.165) is 17.9 Å². The van der Waals surface area contributed by atoms with Gasteiger partial charge in [-0.05, 0) is 45.0 Å². The molecular weight excluding hydrogens is 316 g/mol. The molecule has 23 heavy (non-hydrogen) atoms. The Morgan fingerprint density at radius 3 is 2.52 bits per heavy atom. The fraction of sp³-hybridized carbons (Fsp3) is 0.294. The van der Waals surface area contributed by atoms with Gasteiger partial charge in [0.2, 0.25) is 5.78 Å². The molecule has 0 radical (unpaired) electrons. The van der Waals surface area contributed by atoms with Crippen molar-refractivity contribution in [2.75, 3.05) is 12.3 Å². The molecular formula is C17H19ClN2O3. The van der Waals surface area contributed by atoms with E-state index < -0.39 is 5.97 Å². The van der Waals surface area contributed by atoms with Gasteiger partial charge in [0.05, 0.1) is 16.3 Å². The van der Waals surface area contributed by atoms with Gasteiger partial charge in [0.25, 0.3) is 0 Å². The molecule has 0 amide bonds. The molecule has 5 nitrogen and oxygen atoms in total. The third kappa shape index (κ3) is 3.56. The molecule has 0 unspecified atom stereocenters. The average molecular weight is 335 g/mol. The van der Waals surface area contributed by atoms with Gasteiger partial charge in [0.1, 0.15) is 0 Å². The van der Waals surface area contributed by atoms with E-state index in [1.165, 1.54) is 18.2 Å². The van der Waals surface area contributed by atoms with Gasteiger partial charge in [-0.15, -0.1) is 0 Å². The first-order chi connectivity index (χ1) is 10.8. The predicted molar refractivity (Wildman–Crippen MR) is 90.1 cm³/mol. The lowest BCUT2D eigenvalue weighted by molar-refractivity contribution is 0.0474. The molecule has 0 atom stereocenters. The zero-order chi connectivity index (χ0) is 17.1. The highest BCUT2D eigenvalue weighted by Crippen LogP contribution is 2.20. The summed E-state index contributed by atoms with van der Waals surface area (Å²) >= 11 is 5.81. The quantitative estimate of drug-likeness (QED) is 0.516. The van der Waals surface area contributed by atoms with Crippen molar-refractivity contribution < 1.29 is 14.3 Å². The Kier molecular flexibility index (Phi) is 5.11. The molecule has 2 N–H and O–H groups in total. The number of benzene rings is 1. The van der Waals surface area contributed by atoms with Crippen molar-refractivity contribution in [1.29, 1.82) is 0 Å². The van der Waals surface area contributed by atoms with Crippen molar-refractivity contribution in [2.24, 2.45) is 0 Å². The smallest absolute Gasteiger partial charge is 0.338 e. The first-order valence-corrected chi connectivity index (χ1v) is 7.65. The van der Waals surface area contributed by atoms with Gasteiger partial charge in [-0.2, -0.15) is 0 Å². The second kappa shape index (κ2) is 6.87. The number of nitrogens with zero attached hydrogens (tertiary/aromatic N) is 1. The van der Waals surface area contributed by atoms with Crippen molar-refractivity contribution in [3.8, 4) is 0 Å². The summed E-state index contributed by atoms with van der Waals surface area (Å²) in [4.78, 5) is 24.2. The number of esters is 1. The standard InChI is InChI=1S/C17H19ClN2O3/c1-4-20-10(2)7-13(11(20)3)16(21)9-23-17(22)12-5-6-14(18)15(19)8-12/h5-8H,4,9,19H2,1-3H3. The number of hydrogen-bond acceptors (Lipinski definition) is 4. The van der Waals surface area contributed by atoms with E-state index in [2.05, 4.69) is 0 Å². The van der Waals surface area contributed by atoms with Crippen LogP contribution in [0.15, 0.2) is 24.3 Å². The number of rotatable bonds is 5. The number of aryl methyl sites for hydroxylation is 1. The molecule has 0 aliphatic heterocycles. The van der Waals surface area contributed by atoms with Crippen LogP contribution in [-0.4, -0.2) is 22.9 Å². The Morgan fingerprint density at radius 2 is 1.96 bits per heavy atom. The van der Waals surface area contributed by atoms with Crippen LogP contribution in [0.2, 0.25) is 5.02 Å². The molecule has 0 spiro atoms. The first kappa shape index (κ1) is 17.1. The van der Waals surface area contributed by atoms with E-state index in [4.69, 9.17) is 22.1 Å². The molecule has 0 fully saturated rings. The topological polar surface area (TPSA) is 74.3 Å². The highest BCUT2D eigenvalue weighted by Gasteiger charge is 2.17. The van der Waals surface area contributed by atoms with Crippen LogP contribution < -0.4 is 5.73 Å². The van der Waals surface area contributed by atoms with Crippen LogP contribution in [0.25, 0.3) is 0 Å². The fourth-order valence-corrected chi connectivity index (χ4v) is 2.65. The van der Waals surface area contributed by atoms with Crippen molar-refractivity contribution in [1.82, 2.24) is 4.57 Å². The van der Waals surface area contributed by atoms with Gasteiger partial charge in [-0.25, -0.2) is 4.79 Å². The van der Waals surface area contributed by atoms with E-state index in [9.17, 15) is 9.59 Å². The number of hydrogen-bond donors (Lipinski definition) is 1. The zero-order valence-corrected chi connectivity index (χ0v) is 14.1. The number of carbonyl (C=O) groups excluding carboxylic acids is 2. The molecule has 0 saturated carbocycles. The summed E-state index contributed by atoms with van der Waals surface area (Å²) in [6.45, 7) is 6.31. The lowest BCUT2D eigenvalue weighted by atomic mass is 10.1. The van der Waals surface area contributed by atoms with Crippen LogP contribution in [0.3, 0.4) is 0 Å². The maximum atomic E-state index is 12.3. The van der Waals surface area contributed by atoms with Gasteiger partial charge in [0.15, 0.2) is 6.61 Å². The van der Waals surface area contributed by atoms with Gasteiger partial charge in [-0.1, -0.05) is 11.6 Å². The van der Waals surface area contributed by atoms with Crippen molar-refractivity contribution >= 4 is 29.0 Å². The zero-order valence-electron chi connectivity index (χ0n) is 13.4. The Hall–Kier alpha value is -2.27. The average Bonchev–Trinajstić information content (AvgIpc) is 2.81. The van der Waals surface area contributed by atoms with E-state index >= 15 is 0 Å². The van der Waals surface area contributed by atoms with E-state index in [1.54, 1.807) is 0 Å². The van der Waals surface area contributed by atoms with Crippen LogP contribution in [0.5, 0.6) is 0 Å². The molecule has 2 rings (SSSR count). The number of ether oxygens (including phenoxy) is 1. The van der Waals surface area contributed by atoms with Crippen LogP contribution in [0, 0.1) is 13.8 Å². The molecule has 1 heterocycles. The Morgan fingerprint density at radius 1 is 1.26 bits per heavy atom. The highest BCUT2D eigenvalue weighted by atomic mass is 35.5. The van der Waals surface area contributed by atoms with Crippen LogP contribution >= 0.6 is 11.6 Å². The second-order valence-electron chi connectivity index (χ2n) is 5.26. The number of halogens is 1. The van der Waals surface area contributed by atoms with E-state index in [1.807, 2.05) is 31.4 Å². The Bertz CT molecular complexity index is 765. The minimum atomic E-state index is -0.606. The van der Waals surface area contributed by atoms with Gasteiger partial charge in [-0.3, -0.25) is 4.79 Å². The minimum Gasteiger partial charge on any atom is -0.454 e. The summed E-state index contributed by atoms with van der Waals surface area (Å²) in [7, 11) is 0. The summed E-state index contributed by atoms with van der Waals surface area (Å²) in [5.41, 5.74) is 8.66. The summed E-state index contributed by atoms with van der Waals surface area (Å²) in [6.07, 6.45) is 0. The van der Waals surface area contributed by atoms with Crippen LogP contribution in [-0.2, 0) is 11.3 Å². The fourth-order valence-electron chi connectivity index (χ4n) is 2.53. The summed E-state index contributed by atoms with van der Waals surface area (Å²) < 4.78 is 7.12.